The topological polar surface area (TPSA) is 24.9 Å². The van der Waals surface area contributed by atoms with Gasteiger partial charge in [0.05, 0.1) is 11.7 Å². The van der Waals surface area contributed by atoms with E-state index in [2.05, 4.69) is 38.4 Å². The van der Waals surface area contributed by atoms with Crippen molar-refractivity contribution < 1.29 is 0 Å². The standard InChI is InChI=1S/C13H24N2S2/c1-5-14-11(7-8-16-6-2)13-15-12(9-17-13)10(3)4/h9-11,14H,5-8H2,1-4H3. The maximum atomic E-state index is 4.75. The van der Waals surface area contributed by atoms with Crippen LogP contribution in [0.25, 0.3) is 0 Å². The third kappa shape index (κ3) is 4.98. The molecular formula is C13H24N2S2. The number of hydrogen-bond acceptors (Lipinski definition) is 4. The van der Waals surface area contributed by atoms with E-state index < -0.39 is 0 Å². The molecule has 0 aliphatic rings. The molecule has 1 aromatic heterocycles. The molecule has 1 unspecified atom stereocenters. The molecule has 0 aromatic carbocycles. The van der Waals surface area contributed by atoms with Crippen molar-refractivity contribution in [3.63, 3.8) is 0 Å². The van der Waals surface area contributed by atoms with Gasteiger partial charge in [-0.3, -0.25) is 0 Å². The molecule has 1 N–H and O–H groups in total. The van der Waals surface area contributed by atoms with Gasteiger partial charge in [0.2, 0.25) is 0 Å². The van der Waals surface area contributed by atoms with E-state index >= 15 is 0 Å². The van der Waals surface area contributed by atoms with E-state index in [9.17, 15) is 0 Å². The number of aromatic nitrogens is 1. The van der Waals surface area contributed by atoms with Crippen molar-refractivity contribution in [3.8, 4) is 0 Å². The van der Waals surface area contributed by atoms with Crippen molar-refractivity contribution in [1.29, 1.82) is 0 Å². The summed E-state index contributed by atoms with van der Waals surface area (Å²) >= 11 is 3.81. The van der Waals surface area contributed by atoms with Crippen LogP contribution < -0.4 is 5.32 Å². The lowest BCUT2D eigenvalue weighted by atomic mass is 10.1. The minimum absolute atomic E-state index is 0.441. The van der Waals surface area contributed by atoms with Crippen molar-refractivity contribution in [3.05, 3.63) is 16.1 Å². The number of hydrogen-bond donors (Lipinski definition) is 1. The fourth-order valence-corrected chi connectivity index (χ4v) is 3.41. The molecule has 1 rings (SSSR count). The molecule has 0 saturated carbocycles. The molecule has 1 heterocycles. The zero-order valence-corrected chi connectivity index (χ0v) is 13.0. The summed E-state index contributed by atoms with van der Waals surface area (Å²) in [4.78, 5) is 4.75. The second kappa shape index (κ2) is 8.11. The second-order valence-electron chi connectivity index (χ2n) is 4.36. The Morgan fingerprint density at radius 1 is 1.41 bits per heavy atom. The average Bonchev–Trinajstić information content (AvgIpc) is 2.77. The second-order valence-corrected chi connectivity index (χ2v) is 6.64. The summed E-state index contributed by atoms with van der Waals surface area (Å²) in [6.45, 7) is 9.80. The van der Waals surface area contributed by atoms with Crippen LogP contribution in [0.4, 0.5) is 0 Å². The summed E-state index contributed by atoms with van der Waals surface area (Å²) in [5, 5.41) is 7.01. The first-order valence-corrected chi connectivity index (χ1v) is 8.48. The van der Waals surface area contributed by atoms with Crippen molar-refractivity contribution in [2.24, 2.45) is 0 Å². The van der Waals surface area contributed by atoms with Gasteiger partial charge in [0.1, 0.15) is 5.01 Å². The predicted octanol–water partition coefficient (Wildman–Crippen LogP) is 4.06. The highest BCUT2D eigenvalue weighted by molar-refractivity contribution is 7.99. The van der Waals surface area contributed by atoms with Gasteiger partial charge in [-0.25, -0.2) is 4.98 Å². The Morgan fingerprint density at radius 2 is 2.18 bits per heavy atom. The summed E-state index contributed by atoms with van der Waals surface area (Å²) in [5.41, 5.74) is 1.23. The largest absolute Gasteiger partial charge is 0.308 e. The Balaban J connectivity index is 2.60. The van der Waals surface area contributed by atoms with Crippen molar-refractivity contribution in [2.45, 2.75) is 46.1 Å². The van der Waals surface area contributed by atoms with Gasteiger partial charge in [0, 0.05) is 5.38 Å². The highest BCUT2D eigenvalue weighted by Gasteiger charge is 2.15. The highest BCUT2D eigenvalue weighted by Crippen LogP contribution is 2.25. The van der Waals surface area contributed by atoms with Crippen LogP contribution in [0.2, 0.25) is 0 Å². The average molecular weight is 272 g/mol. The molecule has 0 amide bonds. The first-order chi connectivity index (χ1) is 8.19. The summed E-state index contributed by atoms with van der Waals surface area (Å²) in [6, 6.07) is 0.441. The molecule has 0 radical (unpaired) electrons. The van der Waals surface area contributed by atoms with Crippen molar-refractivity contribution >= 4 is 23.1 Å². The monoisotopic (exact) mass is 272 g/mol. The van der Waals surface area contributed by atoms with E-state index in [0.29, 0.717) is 12.0 Å². The first kappa shape index (κ1) is 15.0. The minimum Gasteiger partial charge on any atom is -0.308 e. The first-order valence-electron chi connectivity index (χ1n) is 6.45. The number of thiazole rings is 1. The van der Waals surface area contributed by atoms with E-state index in [1.54, 1.807) is 11.3 Å². The van der Waals surface area contributed by atoms with Gasteiger partial charge in [0.15, 0.2) is 0 Å². The molecule has 1 atom stereocenters. The molecule has 1 aromatic rings. The van der Waals surface area contributed by atoms with Gasteiger partial charge >= 0.3 is 0 Å². The van der Waals surface area contributed by atoms with E-state index in [4.69, 9.17) is 4.98 Å². The van der Waals surface area contributed by atoms with Gasteiger partial charge in [-0.2, -0.15) is 11.8 Å². The molecule has 98 valence electrons. The van der Waals surface area contributed by atoms with E-state index in [-0.39, 0.29) is 0 Å². The molecule has 0 saturated heterocycles. The van der Waals surface area contributed by atoms with Gasteiger partial charge in [-0.1, -0.05) is 27.7 Å². The molecule has 0 aliphatic heterocycles. The van der Waals surface area contributed by atoms with Crippen LogP contribution in [-0.4, -0.2) is 23.0 Å². The summed E-state index contributed by atoms with van der Waals surface area (Å²) in [7, 11) is 0. The summed E-state index contributed by atoms with van der Waals surface area (Å²) in [6.07, 6.45) is 1.18. The third-order valence-electron chi connectivity index (χ3n) is 2.63. The van der Waals surface area contributed by atoms with Crippen LogP contribution in [0.3, 0.4) is 0 Å². The predicted molar refractivity (Wildman–Crippen MR) is 80.2 cm³/mol. The third-order valence-corrected chi connectivity index (χ3v) is 4.54. The van der Waals surface area contributed by atoms with Crippen LogP contribution in [0.15, 0.2) is 5.38 Å². The maximum Gasteiger partial charge on any atom is 0.110 e. The molecule has 0 aliphatic carbocycles. The Bertz CT molecular complexity index is 310. The molecular weight excluding hydrogens is 248 g/mol. The lowest BCUT2D eigenvalue weighted by Crippen LogP contribution is -2.21. The van der Waals surface area contributed by atoms with Gasteiger partial charge in [0.25, 0.3) is 0 Å². The number of nitrogens with one attached hydrogen (secondary N) is 1. The normalized spacial score (nSPS) is 13.2. The van der Waals surface area contributed by atoms with Crippen molar-refractivity contribution in [2.75, 3.05) is 18.1 Å². The number of nitrogens with zero attached hydrogens (tertiary/aromatic N) is 1. The molecule has 2 nitrogen and oxygen atoms in total. The minimum atomic E-state index is 0.441. The maximum absolute atomic E-state index is 4.75. The van der Waals surface area contributed by atoms with Gasteiger partial charge in [-0.15, -0.1) is 11.3 Å². The Labute approximate surface area is 114 Å². The van der Waals surface area contributed by atoms with Crippen LogP contribution in [0, 0.1) is 0 Å². The van der Waals surface area contributed by atoms with Crippen LogP contribution >= 0.6 is 23.1 Å². The SMILES string of the molecule is CCNC(CCSCC)c1nc(C(C)C)cs1. The van der Waals surface area contributed by atoms with Gasteiger partial charge < -0.3 is 5.32 Å². The number of thioether (sulfide) groups is 1. The molecule has 0 fully saturated rings. The van der Waals surface area contributed by atoms with E-state index in [0.717, 1.165) is 6.54 Å². The highest BCUT2D eigenvalue weighted by atomic mass is 32.2. The zero-order valence-electron chi connectivity index (χ0n) is 11.3. The Morgan fingerprint density at radius 3 is 2.71 bits per heavy atom. The lowest BCUT2D eigenvalue weighted by Gasteiger charge is -2.14. The fourth-order valence-electron chi connectivity index (χ4n) is 1.63. The van der Waals surface area contributed by atoms with Crippen LogP contribution in [0.1, 0.15) is 56.8 Å². The molecule has 17 heavy (non-hydrogen) atoms. The molecule has 0 spiro atoms. The van der Waals surface area contributed by atoms with Crippen LogP contribution in [-0.2, 0) is 0 Å². The smallest absolute Gasteiger partial charge is 0.110 e. The quantitative estimate of drug-likeness (QED) is 0.722. The van der Waals surface area contributed by atoms with Crippen molar-refractivity contribution in [1.82, 2.24) is 10.3 Å². The molecule has 4 heteroatoms. The van der Waals surface area contributed by atoms with E-state index in [1.807, 2.05) is 11.8 Å². The summed E-state index contributed by atoms with van der Waals surface area (Å²) in [5.74, 6) is 2.95. The lowest BCUT2D eigenvalue weighted by molar-refractivity contribution is 0.536. The van der Waals surface area contributed by atoms with Crippen LogP contribution in [0.5, 0.6) is 0 Å². The number of rotatable bonds is 8. The fraction of sp³-hybridized carbons (Fsp3) is 0.769. The summed E-state index contributed by atoms with van der Waals surface area (Å²) < 4.78 is 0. The zero-order chi connectivity index (χ0) is 12.7. The van der Waals surface area contributed by atoms with E-state index in [1.165, 1.54) is 28.6 Å². The Kier molecular flexibility index (Phi) is 7.16. The Hall–Kier alpha value is -0.0600. The molecule has 0 bridgehead atoms. The van der Waals surface area contributed by atoms with Gasteiger partial charge in [-0.05, 0) is 30.4 Å².